The zero-order chi connectivity index (χ0) is 22.1. The smallest absolute Gasteiger partial charge is 0.261 e. The van der Waals surface area contributed by atoms with Gasteiger partial charge < -0.3 is 9.64 Å². The van der Waals surface area contributed by atoms with Crippen LogP contribution in [0.5, 0.6) is 0 Å². The minimum Gasteiger partial charge on any atom is -0.379 e. The van der Waals surface area contributed by atoms with Crippen LogP contribution in [0, 0.1) is 0 Å². The van der Waals surface area contributed by atoms with Gasteiger partial charge in [0.1, 0.15) is 0 Å². The zero-order valence-corrected chi connectivity index (χ0v) is 18.7. The number of hydrogen-bond acceptors (Lipinski definition) is 5. The lowest BCUT2D eigenvalue weighted by atomic mass is 10.1. The Bertz CT molecular complexity index is 726. The Balaban J connectivity index is 1.48. The SMILES string of the molecule is CCCCCCN(CCN1CCOCC1)C(=O)CCCN1C(=O)c2ccccc2C1=O. The summed E-state index contributed by atoms with van der Waals surface area (Å²) in [6.45, 7) is 8.16. The molecule has 0 bridgehead atoms. The van der Waals surface area contributed by atoms with Gasteiger partial charge in [-0.05, 0) is 25.0 Å². The number of nitrogens with zero attached hydrogens (tertiary/aromatic N) is 3. The first-order chi connectivity index (χ1) is 15.1. The third kappa shape index (κ3) is 6.37. The molecular weight excluding hydrogens is 394 g/mol. The van der Waals surface area contributed by atoms with E-state index in [9.17, 15) is 14.4 Å². The van der Waals surface area contributed by atoms with Crippen LogP contribution >= 0.6 is 0 Å². The van der Waals surface area contributed by atoms with E-state index >= 15 is 0 Å². The maximum Gasteiger partial charge on any atom is 0.261 e. The van der Waals surface area contributed by atoms with Gasteiger partial charge in [-0.25, -0.2) is 0 Å². The molecule has 0 spiro atoms. The van der Waals surface area contributed by atoms with Crippen molar-refractivity contribution in [3.05, 3.63) is 35.4 Å². The lowest BCUT2D eigenvalue weighted by Gasteiger charge is -2.30. The van der Waals surface area contributed by atoms with Crippen molar-refractivity contribution >= 4 is 17.7 Å². The van der Waals surface area contributed by atoms with Crippen molar-refractivity contribution in [2.75, 3.05) is 52.5 Å². The molecule has 1 aromatic rings. The van der Waals surface area contributed by atoms with Gasteiger partial charge >= 0.3 is 0 Å². The van der Waals surface area contributed by atoms with E-state index in [0.717, 1.165) is 58.8 Å². The summed E-state index contributed by atoms with van der Waals surface area (Å²) in [7, 11) is 0. The van der Waals surface area contributed by atoms with E-state index in [-0.39, 0.29) is 24.3 Å². The average Bonchev–Trinajstić information content (AvgIpc) is 3.04. The van der Waals surface area contributed by atoms with Gasteiger partial charge in [-0.2, -0.15) is 0 Å². The quantitative estimate of drug-likeness (QED) is 0.377. The predicted molar refractivity (Wildman–Crippen MR) is 119 cm³/mol. The number of ether oxygens (including phenoxy) is 1. The van der Waals surface area contributed by atoms with E-state index in [0.29, 0.717) is 24.0 Å². The fourth-order valence-corrected chi connectivity index (χ4v) is 4.17. The highest BCUT2D eigenvalue weighted by Gasteiger charge is 2.34. The van der Waals surface area contributed by atoms with Crippen LogP contribution in [0.2, 0.25) is 0 Å². The maximum atomic E-state index is 12.9. The Kier molecular flexibility index (Phi) is 9.03. The fraction of sp³-hybridized carbons (Fsp3) is 0.625. The Morgan fingerprint density at radius 3 is 2.26 bits per heavy atom. The number of amides is 3. The predicted octanol–water partition coefficient (Wildman–Crippen LogP) is 2.80. The second kappa shape index (κ2) is 12.0. The lowest BCUT2D eigenvalue weighted by Crippen LogP contribution is -2.43. The summed E-state index contributed by atoms with van der Waals surface area (Å²) >= 11 is 0. The standard InChI is InChI=1S/C24H35N3O4/c1-2-3-4-7-12-26(15-14-25-16-18-31-19-17-25)22(28)11-8-13-27-23(29)20-9-5-6-10-21(20)24(27)30/h5-6,9-10H,2-4,7-8,11-19H2,1H3. The molecule has 3 rings (SSSR count). The van der Waals surface area contributed by atoms with Gasteiger partial charge in [-0.15, -0.1) is 0 Å². The molecule has 0 N–H and O–H groups in total. The number of morpholine rings is 1. The zero-order valence-electron chi connectivity index (χ0n) is 18.7. The summed E-state index contributed by atoms with van der Waals surface area (Å²) in [4.78, 5) is 43.5. The molecule has 2 aliphatic rings. The number of carbonyl (C=O) groups excluding carboxylic acids is 3. The highest BCUT2D eigenvalue weighted by molar-refractivity contribution is 6.21. The van der Waals surface area contributed by atoms with Crippen molar-refractivity contribution in [2.45, 2.75) is 45.4 Å². The summed E-state index contributed by atoms with van der Waals surface area (Å²) in [5, 5.41) is 0. The minimum atomic E-state index is -0.253. The van der Waals surface area contributed by atoms with E-state index in [2.05, 4.69) is 11.8 Å². The number of hydrogen-bond donors (Lipinski definition) is 0. The molecule has 0 radical (unpaired) electrons. The van der Waals surface area contributed by atoms with Crippen LogP contribution in [0.3, 0.4) is 0 Å². The van der Waals surface area contributed by atoms with Crippen LogP contribution < -0.4 is 0 Å². The highest BCUT2D eigenvalue weighted by Crippen LogP contribution is 2.22. The molecule has 1 aromatic carbocycles. The molecule has 0 aliphatic carbocycles. The number of fused-ring (bicyclic) bond motifs is 1. The molecule has 1 saturated heterocycles. The molecule has 0 unspecified atom stereocenters. The first kappa shape index (κ1) is 23.4. The van der Waals surface area contributed by atoms with E-state index in [1.807, 2.05) is 4.90 Å². The Hall–Kier alpha value is -2.25. The molecule has 7 nitrogen and oxygen atoms in total. The molecule has 2 heterocycles. The second-order valence-corrected chi connectivity index (χ2v) is 8.31. The lowest BCUT2D eigenvalue weighted by molar-refractivity contribution is -0.131. The van der Waals surface area contributed by atoms with Gasteiger partial charge in [-0.3, -0.25) is 24.2 Å². The number of carbonyl (C=O) groups is 3. The Morgan fingerprint density at radius 2 is 1.61 bits per heavy atom. The van der Waals surface area contributed by atoms with Gasteiger partial charge in [0.25, 0.3) is 11.8 Å². The number of unbranched alkanes of at least 4 members (excludes halogenated alkanes) is 3. The minimum absolute atomic E-state index is 0.112. The van der Waals surface area contributed by atoms with Gasteiger partial charge in [0, 0.05) is 45.7 Å². The van der Waals surface area contributed by atoms with Crippen molar-refractivity contribution in [3.63, 3.8) is 0 Å². The van der Waals surface area contributed by atoms with Crippen molar-refractivity contribution in [2.24, 2.45) is 0 Å². The van der Waals surface area contributed by atoms with Crippen LogP contribution in [0.25, 0.3) is 0 Å². The number of rotatable bonds is 12. The van der Waals surface area contributed by atoms with Crippen molar-refractivity contribution in [1.82, 2.24) is 14.7 Å². The van der Waals surface area contributed by atoms with Crippen LogP contribution in [0.1, 0.15) is 66.2 Å². The van der Waals surface area contributed by atoms with Gasteiger partial charge in [-0.1, -0.05) is 38.3 Å². The molecule has 2 aliphatic heterocycles. The number of benzene rings is 1. The normalized spacial score (nSPS) is 16.6. The summed E-state index contributed by atoms with van der Waals surface area (Å²) < 4.78 is 5.41. The molecule has 170 valence electrons. The monoisotopic (exact) mass is 429 g/mol. The highest BCUT2D eigenvalue weighted by atomic mass is 16.5. The van der Waals surface area contributed by atoms with Gasteiger partial charge in [0.05, 0.1) is 24.3 Å². The Morgan fingerprint density at radius 1 is 0.935 bits per heavy atom. The molecule has 0 aromatic heterocycles. The van der Waals surface area contributed by atoms with Crippen LogP contribution in [0.4, 0.5) is 0 Å². The first-order valence-corrected chi connectivity index (χ1v) is 11.6. The van der Waals surface area contributed by atoms with E-state index in [4.69, 9.17) is 4.74 Å². The van der Waals surface area contributed by atoms with Crippen LogP contribution in [-0.2, 0) is 9.53 Å². The topological polar surface area (TPSA) is 70.2 Å². The van der Waals surface area contributed by atoms with Gasteiger partial charge in [0.15, 0.2) is 0 Å². The Labute approximate surface area is 185 Å². The second-order valence-electron chi connectivity index (χ2n) is 8.31. The molecule has 7 heteroatoms. The molecular formula is C24H35N3O4. The largest absolute Gasteiger partial charge is 0.379 e. The van der Waals surface area contributed by atoms with Crippen LogP contribution in [-0.4, -0.2) is 84.9 Å². The van der Waals surface area contributed by atoms with Crippen LogP contribution in [0.15, 0.2) is 24.3 Å². The average molecular weight is 430 g/mol. The van der Waals surface area contributed by atoms with Gasteiger partial charge in [0.2, 0.25) is 5.91 Å². The van der Waals surface area contributed by atoms with Crippen molar-refractivity contribution in [3.8, 4) is 0 Å². The molecule has 0 saturated carbocycles. The molecule has 1 fully saturated rings. The first-order valence-electron chi connectivity index (χ1n) is 11.6. The number of imide groups is 1. The third-order valence-corrected chi connectivity index (χ3v) is 6.07. The molecule has 31 heavy (non-hydrogen) atoms. The van der Waals surface area contributed by atoms with E-state index in [1.165, 1.54) is 17.7 Å². The molecule has 3 amide bonds. The molecule has 0 atom stereocenters. The fourth-order valence-electron chi connectivity index (χ4n) is 4.17. The maximum absolute atomic E-state index is 12.9. The van der Waals surface area contributed by atoms with E-state index < -0.39 is 0 Å². The third-order valence-electron chi connectivity index (χ3n) is 6.07. The summed E-state index contributed by atoms with van der Waals surface area (Å²) in [5.41, 5.74) is 0.920. The summed E-state index contributed by atoms with van der Waals surface area (Å²) in [5.74, 6) is -0.394. The summed E-state index contributed by atoms with van der Waals surface area (Å²) in [6, 6.07) is 6.90. The van der Waals surface area contributed by atoms with Crippen molar-refractivity contribution < 1.29 is 19.1 Å². The summed E-state index contributed by atoms with van der Waals surface area (Å²) in [6.07, 6.45) is 5.35. The van der Waals surface area contributed by atoms with E-state index in [1.54, 1.807) is 24.3 Å². The van der Waals surface area contributed by atoms with Crippen molar-refractivity contribution in [1.29, 1.82) is 0 Å².